The Morgan fingerprint density at radius 3 is 2.24 bits per heavy atom. The number of aliphatic hydroxyl groups is 1. The lowest BCUT2D eigenvalue weighted by atomic mass is 9.98. The van der Waals surface area contributed by atoms with Crippen LogP contribution >= 0.6 is 35.0 Å². The first-order chi connectivity index (χ1) is 13.8. The number of thioether (sulfide) groups is 1. The van der Waals surface area contributed by atoms with Crippen LogP contribution in [0.15, 0.2) is 71.9 Å². The summed E-state index contributed by atoms with van der Waals surface area (Å²) in [4.78, 5) is 4.83. The summed E-state index contributed by atoms with van der Waals surface area (Å²) < 4.78 is 2.11. The Hall–Kier alpha value is -1.98. The average molecular weight is 443 g/mol. The molecule has 0 radical (unpaired) electrons. The summed E-state index contributed by atoms with van der Waals surface area (Å²) in [5.41, 5.74) is 3.96. The number of aromatic nitrogens is 2. The lowest BCUT2D eigenvalue weighted by Gasteiger charge is -2.18. The molecule has 1 N–H and O–H groups in total. The van der Waals surface area contributed by atoms with Crippen molar-refractivity contribution < 1.29 is 5.11 Å². The van der Waals surface area contributed by atoms with E-state index in [1.165, 1.54) is 5.56 Å². The standard InChI is InChI=1S/C23H20Cl2N2OS/c1-23(2,28)16-5-10-19(11-6-16)27-21-13-18(25)9-12-20(21)26-22(27)29-14-15-3-7-17(24)8-4-15/h3-13,28H,14H2,1-2H3. The van der Waals surface area contributed by atoms with Crippen LogP contribution in [-0.2, 0) is 11.4 Å². The number of nitrogens with zero attached hydrogens (tertiary/aromatic N) is 2. The highest BCUT2D eigenvalue weighted by Crippen LogP contribution is 2.32. The third-order valence-corrected chi connectivity index (χ3v) is 6.20. The predicted octanol–water partition coefficient (Wildman–Crippen LogP) is 6.85. The Bertz CT molecular complexity index is 1150. The van der Waals surface area contributed by atoms with Gasteiger partial charge < -0.3 is 5.11 Å². The molecule has 29 heavy (non-hydrogen) atoms. The molecule has 1 aromatic heterocycles. The van der Waals surface area contributed by atoms with Gasteiger partial charge in [-0.3, -0.25) is 4.57 Å². The molecular formula is C23H20Cl2N2OS. The zero-order chi connectivity index (χ0) is 20.6. The van der Waals surface area contributed by atoms with Gasteiger partial charge in [-0.1, -0.05) is 59.2 Å². The van der Waals surface area contributed by atoms with Gasteiger partial charge in [0.1, 0.15) is 0 Å². The molecule has 0 aliphatic carbocycles. The molecule has 0 bridgehead atoms. The molecule has 0 aliphatic rings. The van der Waals surface area contributed by atoms with Gasteiger partial charge in [0.15, 0.2) is 5.16 Å². The molecule has 0 atom stereocenters. The monoisotopic (exact) mass is 442 g/mol. The molecule has 6 heteroatoms. The van der Waals surface area contributed by atoms with Gasteiger partial charge in [-0.25, -0.2) is 4.98 Å². The van der Waals surface area contributed by atoms with Crippen LogP contribution in [0.3, 0.4) is 0 Å². The van der Waals surface area contributed by atoms with E-state index in [1.807, 2.05) is 66.7 Å². The fourth-order valence-corrected chi connectivity index (χ4v) is 4.40. The molecular weight excluding hydrogens is 423 g/mol. The molecule has 0 fully saturated rings. The van der Waals surface area contributed by atoms with Gasteiger partial charge in [0.2, 0.25) is 0 Å². The maximum Gasteiger partial charge on any atom is 0.174 e. The summed E-state index contributed by atoms with van der Waals surface area (Å²) in [7, 11) is 0. The largest absolute Gasteiger partial charge is 0.386 e. The normalized spacial score (nSPS) is 11.9. The van der Waals surface area contributed by atoms with Crippen LogP contribution in [0.4, 0.5) is 0 Å². The summed E-state index contributed by atoms with van der Waals surface area (Å²) in [6.45, 7) is 3.56. The highest BCUT2D eigenvalue weighted by molar-refractivity contribution is 7.98. The molecule has 3 nitrogen and oxygen atoms in total. The molecule has 4 aromatic rings. The summed E-state index contributed by atoms with van der Waals surface area (Å²) in [6.07, 6.45) is 0. The number of halogens is 2. The highest BCUT2D eigenvalue weighted by atomic mass is 35.5. The molecule has 0 aliphatic heterocycles. The summed E-state index contributed by atoms with van der Waals surface area (Å²) in [5, 5.41) is 12.5. The number of imidazole rings is 1. The van der Waals surface area contributed by atoms with E-state index >= 15 is 0 Å². The minimum absolute atomic E-state index is 0.668. The van der Waals surface area contributed by atoms with Crippen LogP contribution in [-0.4, -0.2) is 14.7 Å². The molecule has 0 spiro atoms. The van der Waals surface area contributed by atoms with Crippen LogP contribution in [0.5, 0.6) is 0 Å². The molecule has 1 heterocycles. The van der Waals surface area contributed by atoms with Crippen molar-refractivity contribution >= 4 is 46.0 Å². The fraction of sp³-hybridized carbons (Fsp3) is 0.174. The van der Waals surface area contributed by atoms with Crippen molar-refractivity contribution in [3.63, 3.8) is 0 Å². The van der Waals surface area contributed by atoms with Gasteiger partial charge in [-0.05, 0) is 67.4 Å². The third kappa shape index (κ3) is 4.46. The molecule has 4 rings (SSSR count). The second-order valence-corrected chi connectivity index (χ2v) is 9.20. The highest BCUT2D eigenvalue weighted by Gasteiger charge is 2.17. The molecule has 3 aromatic carbocycles. The van der Waals surface area contributed by atoms with E-state index in [2.05, 4.69) is 4.57 Å². The first-order valence-electron chi connectivity index (χ1n) is 9.20. The number of benzene rings is 3. The smallest absolute Gasteiger partial charge is 0.174 e. The first-order valence-corrected chi connectivity index (χ1v) is 10.9. The van der Waals surface area contributed by atoms with Gasteiger partial charge in [0, 0.05) is 21.5 Å². The van der Waals surface area contributed by atoms with Crippen molar-refractivity contribution in [2.24, 2.45) is 0 Å². The molecule has 0 unspecified atom stereocenters. The van der Waals surface area contributed by atoms with E-state index in [9.17, 15) is 5.11 Å². The second-order valence-electron chi connectivity index (χ2n) is 7.38. The number of fused-ring (bicyclic) bond motifs is 1. The molecule has 0 saturated carbocycles. The van der Waals surface area contributed by atoms with Gasteiger partial charge in [0.05, 0.1) is 16.6 Å². The summed E-state index contributed by atoms with van der Waals surface area (Å²) in [5.74, 6) is 0.774. The second kappa shape index (κ2) is 8.04. The van der Waals surface area contributed by atoms with E-state index in [0.717, 1.165) is 38.2 Å². The first kappa shape index (κ1) is 20.3. The van der Waals surface area contributed by atoms with Crippen LogP contribution in [0.25, 0.3) is 16.7 Å². The molecule has 148 valence electrons. The van der Waals surface area contributed by atoms with Gasteiger partial charge >= 0.3 is 0 Å². The zero-order valence-electron chi connectivity index (χ0n) is 16.1. The van der Waals surface area contributed by atoms with Crippen LogP contribution in [0.1, 0.15) is 25.0 Å². The number of rotatable bonds is 5. The van der Waals surface area contributed by atoms with Gasteiger partial charge in [0.25, 0.3) is 0 Å². The summed E-state index contributed by atoms with van der Waals surface area (Å²) >= 11 is 13.9. The Labute approximate surface area is 184 Å². The third-order valence-electron chi connectivity index (χ3n) is 4.70. The minimum Gasteiger partial charge on any atom is -0.386 e. The van der Waals surface area contributed by atoms with Gasteiger partial charge in [-0.15, -0.1) is 0 Å². The van der Waals surface area contributed by atoms with Crippen molar-refractivity contribution in [3.05, 3.63) is 87.9 Å². The maximum atomic E-state index is 10.3. The molecule has 0 saturated heterocycles. The van der Waals surface area contributed by atoms with Crippen molar-refractivity contribution in [3.8, 4) is 5.69 Å². The maximum absolute atomic E-state index is 10.3. The van der Waals surface area contributed by atoms with Gasteiger partial charge in [-0.2, -0.15) is 0 Å². The van der Waals surface area contributed by atoms with Crippen molar-refractivity contribution in [2.45, 2.75) is 30.4 Å². The van der Waals surface area contributed by atoms with Crippen molar-refractivity contribution in [1.29, 1.82) is 0 Å². The lowest BCUT2D eigenvalue weighted by molar-refractivity contribution is 0.0786. The van der Waals surface area contributed by atoms with E-state index in [4.69, 9.17) is 28.2 Å². The SMILES string of the molecule is CC(C)(O)c1ccc(-n2c(SCc3ccc(Cl)cc3)nc3ccc(Cl)cc32)cc1. The Morgan fingerprint density at radius 2 is 1.59 bits per heavy atom. The van der Waals surface area contributed by atoms with E-state index in [1.54, 1.807) is 25.6 Å². The topological polar surface area (TPSA) is 38.0 Å². The lowest BCUT2D eigenvalue weighted by Crippen LogP contribution is -2.15. The Balaban J connectivity index is 1.75. The van der Waals surface area contributed by atoms with Crippen LogP contribution in [0.2, 0.25) is 10.0 Å². The van der Waals surface area contributed by atoms with E-state index < -0.39 is 5.60 Å². The average Bonchev–Trinajstić information content (AvgIpc) is 3.04. The quantitative estimate of drug-likeness (QED) is 0.343. The minimum atomic E-state index is -0.884. The van der Waals surface area contributed by atoms with E-state index in [-0.39, 0.29) is 0 Å². The fourth-order valence-electron chi connectivity index (χ4n) is 3.12. The van der Waals surface area contributed by atoms with Crippen LogP contribution < -0.4 is 0 Å². The van der Waals surface area contributed by atoms with Crippen LogP contribution in [0, 0.1) is 0 Å². The molecule has 0 amide bonds. The Kier molecular flexibility index (Phi) is 5.63. The summed E-state index contributed by atoms with van der Waals surface area (Å²) in [6, 6.07) is 21.5. The van der Waals surface area contributed by atoms with Crippen molar-refractivity contribution in [1.82, 2.24) is 9.55 Å². The van der Waals surface area contributed by atoms with E-state index in [0.29, 0.717) is 5.02 Å². The Morgan fingerprint density at radius 1 is 0.931 bits per heavy atom. The zero-order valence-corrected chi connectivity index (χ0v) is 18.4. The number of hydrogen-bond donors (Lipinski definition) is 1. The number of hydrogen-bond acceptors (Lipinski definition) is 3. The van der Waals surface area contributed by atoms with Crippen molar-refractivity contribution in [2.75, 3.05) is 0 Å². The predicted molar refractivity (Wildman–Crippen MR) is 122 cm³/mol.